The zero-order chi connectivity index (χ0) is 13.0. The van der Waals surface area contributed by atoms with E-state index in [1.165, 1.54) is 5.56 Å². The number of aromatic nitrogens is 2. The molecule has 2 N–H and O–H groups in total. The van der Waals surface area contributed by atoms with Gasteiger partial charge in [-0.15, -0.1) is 0 Å². The molecule has 1 heterocycles. The average molecular weight is 246 g/mol. The van der Waals surface area contributed by atoms with Crippen molar-refractivity contribution in [3.05, 3.63) is 29.6 Å². The van der Waals surface area contributed by atoms with Crippen LogP contribution in [0, 0.1) is 6.92 Å². The molecule has 0 aliphatic rings. The van der Waals surface area contributed by atoms with E-state index in [9.17, 15) is 0 Å². The van der Waals surface area contributed by atoms with Crippen molar-refractivity contribution in [3.8, 4) is 0 Å². The van der Waals surface area contributed by atoms with E-state index in [1.54, 1.807) is 0 Å². The summed E-state index contributed by atoms with van der Waals surface area (Å²) in [6, 6.07) is 6.48. The second-order valence-electron chi connectivity index (χ2n) is 4.83. The van der Waals surface area contributed by atoms with Crippen LogP contribution in [0.2, 0.25) is 0 Å². The number of hydrogen-bond acceptors (Lipinski definition) is 3. The van der Waals surface area contributed by atoms with Crippen molar-refractivity contribution in [2.45, 2.75) is 13.3 Å². The van der Waals surface area contributed by atoms with E-state index in [0.717, 1.165) is 42.9 Å². The second kappa shape index (κ2) is 5.98. The van der Waals surface area contributed by atoms with Crippen molar-refractivity contribution >= 4 is 11.0 Å². The topological polar surface area (TPSA) is 44.0 Å². The van der Waals surface area contributed by atoms with E-state index >= 15 is 0 Å². The van der Waals surface area contributed by atoms with Crippen LogP contribution in [0.5, 0.6) is 0 Å². The molecule has 2 rings (SSSR count). The van der Waals surface area contributed by atoms with Crippen LogP contribution in [0.3, 0.4) is 0 Å². The lowest BCUT2D eigenvalue weighted by atomic mass is 10.1. The van der Waals surface area contributed by atoms with E-state index in [2.05, 4.69) is 45.4 Å². The Labute approximate surface area is 108 Å². The SMILES string of the molecule is CNCCN(C)CCc1ccc2nc(C)[nH]c2c1. The maximum absolute atomic E-state index is 4.42. The van der Waals surface area contributed by atoms with Gasteiger partial charge in [-0.3, -0.25) is 0 Å². The third-order valence-corrected chi connectivity index (χ3v) is 3.19. The predicted octanol–water partition coefficient (Wildman–Crippen LogP) is 1.57. The van der Waals surface area contributed by atoms with Gasteiger partial charge in [0.05, 0.1) is 11.0 Å². The van der Waals surface area contributed by atoms with Crippen molar-refractivity contribution < 1.29 is 0 Å². The first-order valence-corrected chi connectivity index (χ1v) is 6.47. The van der Waals surface area contributed by atoms with Gasteiger partial charge >= 0.3 is 0 Å². The number of imidazole rings is 1. The minimum absolute atomic E-state index is 0.980. The van der Waals surface area contributed by atoms with Crippen LogP contribution in [0.15, 0.2) is 18.2 Å². The van der Waals surface area contributed by atoms with Crippen molar-refractivity contribution in [2.75, 3.05) is 33.7 Å². The Morgan fingerprint density at radius 2 is 2.17 bits per heavy atom. The average Bonchev–Trinajstić information content (AvgIpc) is 2.73. The molecule has 0 aliphatic heterocycles. The molecule has 18 heavy (non-hydrogen) atoms. The fraction of sp³-hybridized carbons (Fsp3) is 0.500. The van der Waals surface area contributed by atoms with E-state index < -0.39 is 0 Å². The fourth-order valence-corrected chi connectivity index (χ4v) is 2.07. The molecule has 4 nitrogen and oxygen atoms in total. The van der Waals surface area contributed by atoms with E-state index in [0.29, 0.717) is 0 Å². The van der Waals surface area contributed by atoms with Gasteiger partial charge in [-0.2, -0.15) is 0 Å². The number of benzene rings is 1. The minimum Gasteiger partial charge on any atom is -0.342 e. The van der Waals surface area contributed by atoms with Crippen LogP contribution in [0.1, 0.15) is 11.4 Å². The van der Waals surface area contributed by atoms with Crippen molar-refractivity contribution in [3.63, 3.8) is 0 Å². The summed E-state index contributed by atoms with van der Waals surface area (Å²) in [4.78, 5) is 10.0. The largest absolute Gasteiger partial charge is 0.342 e. The van der Waals surface area contributed by atoms with Gasteiger partial charge in [-0.1, -0.05) is 6.07 Å². The molecule has 0 saturated heterocycles. The molecule has 0 saturated carbocycles. The molecule has 0 aliphatic carbocycles. The van der Waals surface area contributed by atoms with Crippen molar-refractivity contribution in [2.24, 2.45) is 0 Å². The number of hydrogen-bond donors (Lipinski definition) is 2. The lowest BCUT2D eigenvalue weighted by molar-refractivity contribution is 0.339. The predicted molar refractivity (Wildman–Crippen MR) is 76.0 cm³/mol. The number of H-pyrrole nitrogens is 1. The van der Waals surface area contributed by atoms with Gasteiger partial charge in [0.15, 0.2) is 0 Å². The van der Waals surface area contributed by atoms with Crippen LogP contribution in [-0.4, -0.2) is 48.6 Å². The summed E-state index contributed by atoms with van der Waals surface area (Å²) in [6.45, 7) is 5.20. The Morgan fingerprint density at radius 1 is 1.33 bits per heavy atom. The van der Waals surface area contributed by atoms with Gasteiger partial charge in [0.1, 0.15) is 5.82 Å². The molecule has 0 atom stereocenters. The first-order chi connectivity index (χ1) is 8.69. The quantitative estimate of drug-likeness (QED) is 0.813. The number of aromatic amines is 1. The molecular formula is C14H22N4. The van der Waals surface area contributed by atoms with Crippen LogP contribution < -0.4 is 5.32 Å². The Bertz CT molecular complexity index is 503. The Kier molecular flexibility index (Phi) is 4.33. The molecular weight excluding hydrogens is 224 g/mol. The van der Waals surface area contributed by atoms with Crippen molar-refractivity contribution in [1.82, 2.24) is 20.2 Å². The highest BCUT2D eigenvalue weighted by molar-refractivity contribution is 5.75. The maximum Gasteiger partial charge on any atom is 0.104 e. The summed E-state index contributed by atoms with van der Waals surface area (Å²) >= 11 is 0. The first kappa shape index (κ1) is 13.1. The molecule has 0 radical (unpaired) electrons. The number of rotatable bonds is 6. The molecule has 0 fully saturated rings. The Morgan fingerprint density at radius 3 is 2.94 bits per heavy atom. The third-order valence-electron chi connectivity index (χ3n) is 3.19. The number of nitrogens with zero attached hydrogens (tertiary/aromatic N) is 2. The molecule has 2 aromatic rings. The van der Waals surface area contributed by atoms with Crippen molar-refractivity contribution in [1.29, 1.82) is 0 Å². The number of nitrogens with one attached hydrogen (secondary N) is 2. The van der Waals surface area contributed by atoms with E-state index in [4.69, 9.17) is 0 Å². The highest BCUT2D eigenvalue weighted by atomic mass is 15.1. The number of fused-ring (bicyclic) bond motifs is 1. The minimum atomic E-state index is 0.980. The Hall–Kier alpha value is -1.39. The normalized spacial score (nSPS) is 11.6. The van der Waals surface area contributed by atoms with Gasteiger partial charge in [0.2, 0.25) is 0 Å². The monoisotopic (exact) mass is 246 g/mol. The van der Waals surface area contributed by atoms with E-state index in [1.807, 2.05) is 14.0 Å². The fourth-order valence-electron chi connectivity index (χ4n) is 2.07. The molecule has 0 amide bonds. The highest BCUT2D eigenvalue weighted by Gasteiger charge is 2.02. The highest BCUT2D eigenvalue weighted by Crippen LogP contribution is 2.14. The molecule has 98 valence electrons. The van der Waals surface area contributed by atoms with E-state index in [-0.39, 0.29) is 0 Å². The smallest absolute Gasteiger partial charge is 0.104 e. The lowest BCUT2D eigenvalue weighted by Crippen LogP contribution is -2.29. The Balaban J connectivity index is 1.95. The number of likely N-dealkylation sites (N-methyl/N-ethyl adjacent to an activating group) is 2. The molecule has 0 unspecified atom stereocenters. The lowest BCUT2D eigenvalue weighted by Gasteiger charge is -2.16. The van der Waals surface area contributed by atoms with Gasteiger partial charge in [-0.05, 0) is 45.1 Å². The standard InChI is InChI=1S/C14H22N4/c1-11-16-13-5-4-12(10-14(13)17-11)6-8-18(3)9-7-15-2/h4-5,10,15H,6-9H2,1-3H3,(H,16,17). The third kappa shape index (κ3) is 3.31. The van der Waals surface area contributed by atoms with Gasteiger partial charge in [0, 0.05) is 19.6 Å². The second-order valence-corrected chi connectivity index (χ2v) is 4.83. The first-order valence-electron chi connectivity index (χ1n) is 6.47. The molecule has 0 bridgehead atoms. The molecule has 4 heteroatoms. The zero-order valence-electron chi connectivity index (χ0n) is 11.5. The maximum atomic E-state index is 4.42. The van der Waals surface area contributed by atoms with Crippen LogP contribution in [-0.2, 0) is 6.42 Å². The van der Waals surface area contributed by atoms with Crippen LogP contribution in [0.4, 0.5) is 0 Å². The summed E-state index contributed by atoms with van der Waals surface area (Å²) in [6.07, 6.45) is 1.08. The summed E-state index contributed by atoms with van der Waals surface area (Å²) in [5.74, 6) is 0.980. The van der Waals surface area contributed by atoms with Gasteiger partial charge in [0.25, 0.3) is 0 Å². The molecule has 1 aromatic carbocycles. The summed E-state index contributed by atoms with van der Waals surface area (Å²) in [5, 5.41) is 3.17. The summed E-state index contributed by atoms with van der Waals surface area (Å²) < 4.78 is 0. The summed E-state index contributed by atoms with van der Waals surface area (Å²) in [7, 11) is 4.15. The molecule has 0 spiro atoms. The zero-order valence-corrected chi connectivity index (χ0v) is 11.5. The van der Waals surface area contributed by atoms with Gasteiger partial charge < -0.3 is 15.2 Å². The number of aryl methyl sites for hydroxylation is 1. The van der Waals surface area contributed by atoms with Gasteiger partial charge in [-0.25, -0.2) is 4.98 Å². The van der Waals surface area contributed by atoms with Crippen LogP contribution >= 0.6 is 0 Å². The summed E-state index contributed by atoms with van der Waals surface area (Å²) in [5.41, 5.74) is 3.56. The van der Waals surface area contributed by atoms with Crippen LogP contribution in [0.25, 0.3) is 11.0 Å². The molecule has 1 aromatic heterocycles.